The summed E-state index contributed by atoms with van der Waals surface area (Å²) in [6.45, 7) is 2.08. The van der Waals surface area contributed by atoms with E-state index in [0.717, 1.165) is 5.75 Å². The Morgan fingerprint density at radius 1 is 1.83 bits per heavy atom. The summed E-state index contributed by atoms with van der Waals surface area (Å²) < 4.78 is 0. The van der Waals surface area contributed by atoms with Crippen LogP contribution in [0.25, 0.3) is 0 Å². The maximum Gasteiger partial charge on any atom is 0.0106 e. The molecule has 0 radical (unpaired) electrons. The predicted molar refractivity (Wildman–Crippen MR) is 33.1 cm³/mol. The highest BCUT2D eigenvalue weighted by molar-refractivity contribution is 8.02. The van der Waals surface area contributed by atoms with E-state index in [-0.39, 0.29) is 0 Å². The molecule has 0 fully saturated rings. The van der Waals surface area contributed by atoms with Crippen molar-refractivity contribution in [2.24, 2.45) is 0 Å². The minimum Gasteiger partial charge on any atom is -0.134 e. The molecule has 0 aliphatic rings. The van der Waals surface area contributed by atoms with E-state index in [0.29, 0.717) is 0 Å². The minimum atomic E-state index is 1.10. The number of rotatable bonds is 2. The molecule has 0 heterocycles. The molecule has 0 spiro atoms. The molecular formula is C4H7ClS. The van der Waals surface area contributed by atoms with Crippen LogP contribution in [0.4, 0.5) is 0 Å². The average molecular weight is 123 g/mol. The molecule has 0 rings (SSSR count). The van der Waals surface area contributed by atoms with Gasteiger partial charge in [-0.3, -0.25) is 0 Å². The van der Waals surface area contributed by atoms with Crippen LogP contribution in [-0.4, -0.2) is 5.75 Å². The Hall–Kier alpha value is 0.380. The van der Waals surface area contributed by atoms with Crippen molar-refractivity contribution in [3.8, 4) is 0 Å². The normalized spacial score (nSPS) is 10.3. The molecule has 0 aromatic rings. The van der Waals surface area contributed by atoms with Gasteiger partial charge in [-0.1, -0.05) is 18.5 Å². The van der Waals surface area contributed by atoms with Crippen molar-refractivity contribution in [1.82, 2.24) is 0 Å². The zero-order chi connectivity index (χ0) is 4.83. The monoisotopic (exact) mass is 122 g/mol. The first kappa shape index (κ1) is 6.38. The van der Waals surface area contributed by atoms with E-state index in [9.17, 15) is 0 Å². The van der Waals surface area contributed by atoms with Gasteiger partial charge in [0.25, 0.3) is 0 Å². The molecule has 0 unspecified atom stereocenters. The average Bonchev–Trinajstić information content (AvgIpc) is 1.61. The lowest BCUT2D eigenvalue weighted by molar-refractivity contribution is 1.54. The fraction of sp³-hybridized carbons (Fsp3) is 0.500. The summed E-state index contributed by atoms with van der Waals surface area (Å²) in [7, 11) is 0. The Morgan fingerprint density at radius 2 is 2.50 bits per heavy atom. The second kappa shape index (κ2) is 5.38. The Labute approximate surface area is 47.6 Å². The van der Waals surface area contributed by atoms with E-state index in [1.165, 1.54) is 5.54 Å². The number of halogens is 1. The molecule has 6 heavy (non-hydrogen) atoms. The lowest BCUT2D eigenvalue weighted by atomic mass is 11.0. The van der Waals surface area contributed by atoms with Gasteiger partial charge in [0.2, 0.25) is 0 Å². The fourth-order valence-corrected chi connectivity index (χ4v) is 0.616. The molecule has 0 nitrogen and oxygen atoms in total. The summed E-state index contributed by atoms with van der Waals surface area (Å²) in [4.78, 5) is 0. The summed E-state index contributed by atoms with van der Waals surface area (Å²) in [5, 5.41) is 1.86. The first-order valence-corrected chi connectivity index (χ1v) is 3.27. The van der Waals surface area contributed by atoms with Crippen LogP contribution in [0.2, 0.25) is 0 Å². The lowest BCUT2D eigenvalue weighted by Crippen LogP contribution is -1.52. The summed E-state index contributed by atoms with van der Waals surface area (Å²) in [5.41, 5.74) is 1.52. The Bertz CT molecular complexity index is 42.8. The number of hydrogen-bond acceptors (Lipinski definition) is 1. The van der Waals surface area contributed by atoms with Gasteiger partial charge < -0.3 is 0 Å². The molecule has 0 aromatic carbocycles. The molecule has 2 heteroatoms. The summed E-state index contributed by atoms with van der Waals surface area (Å²) >= 11 is 6.87. The number of hydrogen-bond donors (Lipinski definition) is 0. The second-order valence-corrected chi connectivity index (χ2v) is 2.15. The van der Waals surface area contributed by atoms with Gasteiger partial charge in [0, 0.05) is 5.54 Å². The molecule has 0 bridgehead atoms. The van der Waals surface area contributed by atoms with Gasteiger partial charge in [0.1, 0.15) is 0 Å². The van der Waals surface area contributed by atoms with Crippen molar-refractivity contribution in [2.75, 3.05) is 5.75 Å². The van der Waals surface area contributed by atoms with Crippen LogP contribution in [0.15, 0.2) is 10.9 Å². The third kappa shape index (κ3) is 4.38. The van der Waals surface area contributed by atoms with Crippen molar-refractivity contribution < 1.29 is 0 Å². The van der Waals surface area contributed by atoms with Crippen molar-refractivity contribution in [3.63, 3.8) is 0 Å². The third-order valence-corrected chi connectivity index (χ3v) is 1.25. The molecule has 0 saturated heterocycles. The van der Waals surface area contributed by atoms with Gasteiger partial charge in [-0.05, 0) is 11.2 Å². The van der Waals surface area contributed by atoms with Crippen molar-refractivity contribution in [1.29, 1.82) is 0 Å². The van der Waals surface area contributed by atoms with Gasteiger partial charge in [-0.25, -0.2) is 0 Å². The highest BCUT2D eigenvalue weighted by Gasteiger charge is 1.65. The van der Waals surface area contributed by atoms with Gasteiger partial charge in [-0.2, -0.15) is 0 Å². The third-order valence-electron chi connectivity index (χ3n) is 0.314. The first-order valence-electron chi connectivity index (χ1n) is 1.78. The van der Waals surface area contributed by atoms with Crippen molar-refractivity contribution >= 4 is 23.4 Å². The molecule has 0 N–H and O–H groups in total. The maximum atomic E-state index is 5.18. The van der Waals surface area contributed by atoms with E-state index in [4.69, 9.17) is 11.6 Å². The van der Waals surface area contributed by atoms with Crippen LogP contribution in [0.1, 0.15) is 6.92 Å². The van der Waals surface area contributed by atoms with E-state index in [1.54, 1.807) is 11.8 Å². The van der Waals surface area contributed by atoms with Crippen LogP contribution >= 0.6 is 23.4 Å². The van der Waals surface area contributed by atoms with Gasteiger partial charge >= 0.3 is 0 Å². The van der Waals surface area contributed by atoms with Crippen LogP contribution < -0.4 is 0 Å². The summed E-state index contributed by atoms with van der Waals surface area (Å²) in [6.07, 6.45) is 0. The standard InChI is InChI=1S/C4H7ClS/c1-2-6-4-3-5/h3-4H,2H2,1H3. The predicted octanol–water partition coefficient (Wildman–Crippen LogP) is 2.45. The molecule has 0 aliphatic heterocycles. The molecule has 36 valence electrons. The number of thioether (sulfide) groups is 1. The van der Waals surface area contributed by atoms with Crippen LogP contribution in [0.5, 0.6) is 0 Å². The van der Waals surface area contributed by atoms with Crippen molar-refractivity contribution in [3.05, 3.63) is 10.9 Å². The maximum absolute atomic E-state index is 5.18. The highest BCUT2D eigenvalue weighted by Crippen LogP contribution is 1.99. The SMILES string of the molecule is CCSC=CCl. The molecule has 0 amide bonds. The second-order valence-electron chi connectivity index (χ2n) is 0.717. The van der Waals surface area contributed by atoms with E-state index in [2.05, 4.69) is 6.92 Å². The lowest BCUT2D eigenvalue weighted by Gasteiger charge is -1.76. The zero-order valence-electron chi connectivity index (χ0n) is 3.65. The van der Waals surface area contributed by atoms with Gasteiger partial charge in [0.05, 0.1) is 0 Å². The van der Waals surface area contributed by atoms with E-state index in [1.807, 2.05) is 5.41 Å². The Kier molecular flexibility index (Phi) is 5.72. The highest BCUT2D eigenvalue weighted by atomic mass is 35.5. The molecule has 0 atom stereocenters. The van der Waals surface area contributed by atoms with E-state index >= 15 is 0 Å². The Balaban J connectivity index is 2.66. The fourth-order valence-electron chi connectivity index (χ4n) is 0.133. The van der Waals surface area contributed by atoms with Crippen molar-refractivity contribution in [2.45, 2.75) is 6.92 Å². The molecular weight excluding hydrogens is 116 g/mol. The Morgan fingerprint density at radius 3 is 2.67 bits per heavy atom. The minimum absolute atomic E-state index is 1.10. The summed E-state index contributed by atoms with van der Waals surface area (Å²) in [5.74, 6) is 1.10. The molecule has 0 saturated carbocycles. The quantitative estimate of drug-likeness (QED) is 0.542. The molecule has 0 aliphatic carbocycles. The topological polar surface area (TPSA) is 0 Å². The van der Waals surface area contributed by atoms with Gasteiger partial charge in [-0.15, -0.1) is 11.8 Å². The van der Waals surface area contributed by atoms with Crippen LogP contribution in [-0.2, 0) is 0 Å². The van der Waals surface area contributed by atoms with Crippen LogP contribution in [0, 0.1) is 0 Å². The van der Waals surface area contributed by atoms with E-state index < -0.39 is 0 Å². The largest absolute Gasteiger partial charge is 0.134 e. The zero-order valence-corrected chi connectivity index (χ0v) is 5.22. The molecule has 0 aromatic heterocycles. The first-order chi connectivity index (χ1) is 2.91. The summed E-state index contributed by atoms with van der Waals surface area (Å²) in [6, 6.07) is 0. The van der Waals surface area contributed by atoms with Gasteiger partial charge in [0.15, 0.2) is 0 Å². The smallest absolute Gasteiger partial charge is 0.0106 e. The van der Waals surface area contributed by atoms with Crippen LogP contribution in [0.3, 0.4) is 0 Å².